The zero-order valence-electron chi connectivity index (χ0n) is 11.8. The molecule has 0 saturated heterocycles. The van der Waals surface area contributed by atoms with E-state index in [4.69, 9.17) is 5.73 Å². The minimum Gasteiger partial charge on any atom is -0.323 e. The van der Waals surface area contributed by atoms with Crippen LogP contribution < -0.4 is 5.73 Å². The normalized spacial score (nSPS) is 41.7. The van der Waals surface area contributed by atoms with Crippen LogP contribution in [0, 0.1) is 23.2 Å². The van der Waals surface area contributed by atoms with Crippen molar-refractivity contribution in [1.29, 1.82) is 0 Å². The molecule has 0 aromatic carbocycles. The van der Waals surface area contributed by atoms with Gasteiger partial charge in [0.1, 0.15) is 0 Å². The molecule has 1 aromatic rings. The lowest BCUT2D eigenvalue weighted by Crippen LogP contribution is -2.48. The minimum absolute atomic E-state index is 0.00915. The van der Waals surface area contributed by atoms with Gasteiger partial charge in [0.05, 0.1) is 11.9 Å². The van der Waals surface area contributed by atoms with Gasteiger partial charge in [0.25, 0.3) is 0 Å². The summed E-state index contributed by atoms with van der Waals surface area (Å²) < 4.78 is 2.06. The molecule has 0 aliphatic heterocycles. The van der Waals surface area contributed by atoms with E-state index in [-0.39, 0.29) is 6.04 Å². The van der Waals surface area contributed by atoms with Crippen molar-refractivity contribution in [2.24, 2.45) is 28.9 Å². The number of hydrogen-bond donors (Lipinski definition) is 1. The first-order valence-electron chi connectivity index (χ1n) is 7.77. The topological polar surface area (TPSA) is 56.7 Å². The molecular weight excluding hydrogens is 236 g/mol. The van der Waals surface area contributed by atoms with Gasteiger partial charge in [-0.15, -0.1) is 5.10 Å². The highest BCUT2D eigenvalue weighted by atomic mass is 15.4. The standard InChI is InChI=1S/C15H24N4/c1-10(16)14-8-19(18-17-14)9-15-5-11-2-12(6-15)4-13(3-11)7-15/h8,10-13H,2-7,9,16H2,1H3. The van der Waals surface area contributed by atoms with Gasteiger partial charge in [-0.2, -0.15) is 0 Å². The van der Waals surface area contributed by atoms with Crippen LogP contribution in [0.5, 0.6) is 0 Å². The predicted molar refractivity (Wildman–Crippen MR) is 73.2 cm³/mol. The van der Waals surface area contributed by atoms with Gasteiger partial charge in [0.15, 0.2) is 0 Å². The van der Waals surface area contributed by atoms with E-state index >= 15 is 0 Å². The molecule has 4 bridgehead atoms. The molecule has 4 nitrogen and oxygen atoms in total. The average Bonchev–Trinajstić information content (AvgIpc) is 2.74. The zero-order chi connectivity index (χ0) is 13.0. The fourth-order valence-corrected chi connectivity index (χ4v) is 5.43. The van der Waals surface area contributed by atoms with Crippen molar-refractivity contribution in [3.63, 3.8) is 0 Å². The van der Waals surface area contributed by atoms with Gasteiger partial charge in [-0.3, -0.25) is 4.68 Å². The van der Waals surface area contributed by atoms with Crippen molar-refractivity contribution >= 4 is 0 Å². The number of nitrogens with zero attached hydrogens (tertiary/aromatic N) is 3. The number of hydrogen-bond acceptors (Lipinski definition) is 3. The van der Waals surface area contributed by atoms with E-state index in [1.807, 2.05) is 6.92 Å². The molecule has 104 valence electrons. The first-order chi connectivity index (χ1) is 9.12. The van der Waals surface area contributed by atoms with Crippen LogP contribution in [-0.4, -0.2) is 15.0 Å². The zero-order valence-corrected chi connectivity index (χ0v) is 11.8. The summed E-state index contributed by atoms with van der Waals surface area (Å²) in [6, 6.07) is -0.00915. The van der Waals surface area contributed by atoms with Gasteiger partial charge in [0.2, 0.25) is 0 Å². The molecule has 19 heavy (non-hydrogen) atoms. The third-order valence-corrected chi connectivity index (χ3v) is 5.69. The minimum atomic E-state index is -0.00915. The Kier molecular flexibility index (Phi) is 2.53. The molecule has 4 aliphatic rings. The van der Waals surface area contributed by atoms with Crippen molar-refractivity contribution in [2.45, 2.75) is 58.0 Å². The SMILES string of the molecule is CC(N)c1cn(CC23CC4CC(CC(C4)C2)C3)nn1. The Morgan fingerprint density at radius 2 is 1.84 bits per heavy atom. The largest absolute Gasteiger partial charge is 0.323 e. The molecule has 4 heteroatoms. The summed E-state index contributed by atoms with van der Waals surface area (Å²) in [4.78, 5) is 0. The van der Waals surface area contributed by atoms with Crippen LogP contribution in [0.3, 0.4) is 0 Å². The Hall–Kier alpha value is -0.900. The van der Waals surface area contributed by atoms with Crippen molar-refractivity contribution in [2.75, 3.05) is 0 Å². The second-order valence-electron chi connectivity index (χ2n) is 7.55. The van der Waals surface area contributed by atoms with Crippen LogP contribution >= 0.6 is 0 Å². The average molecular weight is 260 g/mol. The molecule has 1 unspecified atom stereocenters. The fourth-order valence-electron chi connectivity index (χ4n) is 5.43. The Labute approximate surface area is 114 Å². The first kappa shape index (κ1) is 11.9. The molecule has 0 amide bonds. The number of rotatable bonds is 3. The quantitative estimate of drug-likeness (QED) is 0.908. The van der Waals surface area contributed by atoms with Gasteiger partial charge in [-0.1, -0.05) is 5.21 Å². The Bertz CT molecular complexity index is 441. The second-order valence-corrected chi connectivity index (χ2v) is 7.55. The summed E-state index contributed by atoms with van der Waals surface area (Å²) in [5.41, 5.74) is 7.32. The molecule has 4 saturated carbocycles. The number of nitrogens with two attached hydrogens (primary N) is 1. The molecule has 2 N–H and O–H groups in total. The maximum atomic E-state index is 5.87. The summed E-state index contributed by atoms with van der Waals surface area (Å²) in [6.45, 7) is 3.04. The van der Waals surface area contributed by atoms with Crippen LogP contribution in [0.15, 0.2) is 6.20 Å². The molecule has 4 aliphatic carbocycles. The fraction of sp³-hybridized carbons (Fsp3) is 0.867. The maximum Gasteiger partial charge on any atom is 0.0991 e. The van der Waals surface area contributed by atoms with Gasteiger partial charge in [-0.05, 0) is 68.6 Å². The van der Waals surface area contributed by atoms with Crippen LogP contribution in [0.4, 0.5) is 0 Å². The van der Waals surface area contributed by atoms with Gasteiger partial charge < -0.3 is 5.73 Å². The van der Waals surface area contributed by atoms with Crippen molar-refractivity contribution in [3.8, 4) is 0 Å². The van der Waals surface area contributed by atoms with Crippen LogP contribution in [0.2, 0.25) is 0 Å². The molecule has 1 atom stereocenters. The first-order valence-corrected chi connectivity index (χ1v) is 7.77. The van der Waals surface area contributed by atoms with Crippen molar-refractivity contribution in [3.05, 3.63) is 11.9 Å². The van der Waals surface area contributed by atoms with Crippen LogP contribution in [-0.2, 0) is 6.54 Å². The summed E-state index contributed by atoms with van der Waals surface area (Å²) in [7, 11) is 0. The molecule has 0 spiro atoms. The molecule has 1 heterocycles. The number of aromatic nitrogens is 3. The van der Waals surface area contributed by atoms with Gasteiger partial charge in [0, 0.05) is 12.6 Å². The Balaban J connectivity index is 1.55. The van der Waals surface area contributed by atoms with E-state index in [0.29, 0.717) is 5.41 Å². The van der Waals surface area contributed by atoms with Gasteiger partial charge >= 0.3 is 0 Å². The molecule has 4 fully saturated rings. The third-order valence-electron chi connectivity index (χ3n) is 5.69. The Morgan fingerprint density at radius 3 is 2.32 bits per heavy atom. The van der Waals surface area contributed by atoms with E-state index < -0.39 is 0 Å². The molecule has 1 aromatic heterocycles. The summed E-state index contributed by atoms with van der Waals surface area (Å²) in [5.74, 6) is 3.01. The Morgan fingerprint density at radius 1 is 1.26 bits per heavy atom. The highest BCUT2D eigenvalue weighted by molar-refractivity contribution is 5.03. The van der Waals surface area contributed by atoms with Gasteiger partial charge in [-0.25, -0.2) is 0 Å². The summed E-state index contributed by atoms with van der Waals surface area (Å²) in [5, 5.41) is 8.50. The predicted octanol–water partition coefficient (Wildman–Crippen LogP) is 2.51. The third kappa shape index (κ3) is 2.00. The summed E-state index contributed by atoms with van der Waals surface area (Å²) in [6.07, 6.45) is 10.8. The van der Waals surface area contributed by atoms with Crippen molar-refractivity contribution in [1.82, 2.24) is 15.0 Å². The van der Waals surface area contributed by atoms with E-state index in [9.17, 15) is 0 Å². The highest BCUT2D eigenvalue weighted by Gasteiger charge is 2.51. The van der Waals surface area contributed by atoms with E-state index in [1.165, 1.54) is 38.5 Å². The monoisotopic (exact) mass is 260 g/mol. The lowest BCUT2D eigenvalue weighted by molar-refractivity contribution is -0.0637. The smallest absolute Gasteiger partial charge is 0.0991 e. The molecule has 0 radical (unpaired) electrons. The second kappa shape index (κ2) is 4.05. The van der Waals surface area contributed by atoms with E-state index in [2.05, 4.69) is 21.2 Å². The molecule has 5 rings (SSSR count). The van der Waals surface area contributed by atoms with Crippen molar-refractivity contribution < 1.29 is 0 Å². The molecular formula is C15H24N4. The lowest BCUT2D eigenvalue weighted by atomic mass is 9.49. The lowest BCUT2D eigenvalue weighted by Gasteiger charge is -2.56. The highest BCUT2D eigenvalue weighted by Crippen LogP contribution is 2.60. The van der Waals surface area contributed by atoms with E-state index in [0.717, 1.165) is 30.0 Å². The van der Waals surface area contributed by atoms with E-state index in [1.54, 1.807) is 0 Å². The maximum absolute atomic E-state index is 5.87. The van der Waals surface area contributed by atoms with Crippen LogP contribution in [0.25, 0.3) is 0 Å². The summed E-state index contributed by atoms with van der Waals surface area (Å²) >= 11 is 0. The van der Waals surface area contributed by atoms with Crippen LogP contribution in [0.1, 0.15) is 57.2 Å².